The second kappa shape index (κ2) is 5.55. The van der Waals surface area contributed by atoms with Gasteiger partial charge in [-0.25, -0.2) is 0 Å². The zero-order chi connectivity index (χ0) is 13.1. The van der Waals surface area contributed by atoms with E-state index in [1.54, 1.807) is 11.3 Å². The topological polar surface area (TPSA) is 38.3 Å². The van der Waals surface area contributed by atoms with Crippen LogP contribution in [0.2, 0.25) is 0 Å². The molecule has 0 saturated carbocycles. The average Bonchev–Trinajstić information content (AvgIpc) is 3.13. The van der Waals surface area contributed by atoms with E-state index in [0.29, 0.717) is 6.61 Å². The number of carbonyl (C=O) groups is 1. The summed E-state index contributed by atoms with van der Waals surface area (Å²) in [5.41, 5.74) is 1.91. The molecule has 19 heavy (non-hydrogen) atoms. The smallest absolute Gasteiger partial charge is 0.253 e. The third-order valence-electron chi connectivity index (χ3n) is 3.19. The fraction of sp³-hybridized carbons (Fsp3) is 0.267. The molecule has 1 saturated heterocycles. The van der Waals surface area contributed by atoms with E-state index in [4.69, 9.17) is 4.74 Å². The van der Waals surface area contributed by atoms with E-state index in [1.165, 1.54) is 0 Å². The van der Waals surface area contributed by atoms with Gasteiger partial charge in [0.1, 0.15) is 6.10 Å². The maximum absolute atomic E-state index is 12.1. The van der Waals surface area contributed by atoms with E-state index in [-0.39, 0.29) is 12.0 Å². The molecule has 2 heterocycles. The van der Waals surface area contributed by atoms with Crippen LogP contribution in [0.5, 0.6) is 0 Å². The summed E-state index contributed by atoms with van der Waals surface area (Å²) in [5, 5.41) is 5.02. The summed E-state index contributed by atoms with van der Waals surface area (Å²) in [4.78, 5) is 13.3. The molecule has 1 atom stereocenters. The van der Waals surface area contributed by atoms with Gasteiger partial charge in [0.05, 0.1) is 0 Å². The molecule has 98 valence electrons. The van der Waals surface area contributed by atoms with E-state index >= 15 is 0 Å². The lowest BCUT2D eigenvalue weighted by atomic mass is 10.1. The number of hydrogen-bond acceptors (Lipinski definition) is 3. The molecular formula is C15H15NO2S. The van der Waals surface area contributed by atoms with Gasteiger partial charge < -0.3 is 10.1 Å². The summed E-state index contributed by atoms with van der Waals surface area (Å²) in [6.45, 7) is 0.685. The van der Waals surface area contributed by atoms with E-state index in [0.717, 1.165) is 29.0 Å². The van der Waals surface area contributed by atoms with Crippen molar-refractivity contribution < 1.29 is 9.53 Å². The number of nitrogens with one attached hydrogen (secondary N) is 1. The van der Waals surface area contributed by atoms with Crippen LogP contribution in [0.25, 0.3) is 10.4 Å². The van der Waals surface area contributed by atoms with Crippen LogP contribution in [0.4, 0.5) is 5.69 Å². The van der Waals surface area contributed by atoms with Crippen LogP contribution in [-0.4, -0.2) is 18.6 Å². The number of carbonyl (C=O) groups excluding carboxylic acids is 1. The van der Waals surface area contributed by atoms with Crippen molar-refractivity contribution in [1.82, 2.24) is 0 Å². The molecule has 1 aromatic heterocycles. The maximum Gasteiger partial charge on any atom is 0.253 e. The minimum absolute atomic E-state index is 0.0403. The SMILES string of the molecule is O=C(Nc1ccccc1-c1cccs1)[C@@H]1CCCO1. The van der Waals surface area contributed by atoms with Gasteiger partial charge in [0.2, 0.25) is 0 Å². The van der Waals surface area contributed by atoms with Crippen LogP contribution in [-0.2, 0) is 9.53 Å². The number of benzene rings is 1. The number of ether oxygens (including phenoxy) is 1. The zero-order valence-electron chi connectivity index (χ0n) is 10.5. The normalized spacial score (nSPS) is 18.4. The first-order chi connectivity index (χ1) is 9.34. The summed E-state index contributed by atoms with van der Waals surface area (Å²) >= 11 is 1.67. The molecule has 1 fully saturated rings. The van der Waals surface area contributed by atoms with Gasteiger partial charge in [0.25, 0.3) is 5.91 Å². The van der Waals surface area contributed by atoms with Crippen molar-refractivity contribution in [2.75, 3.05) is 11.9 Å². The van der Waals surface area contributed by atoms with E-state index < -0.39 is 0 Å². The highest BCUT2D eigenvalue weighted by atomic mass is 32.1. The highest BCUT2D eigenvalue weighted by Gasteiger charge is 2.24. The van der Waals surface area contributed by atoms with Crippen molar-refractivity contribution in [2.45, 2.75) is 18.9 Å². The van der Waals surface area contributed by atoms with Gasteiger partial charge >= 0.3 is 0 Å². The Bertz CT molecular complexity index is 559. The lowest BCUT2D eigenvalue weighted by Gasteiger charge is -2.13. The molecule has 0 aliphatic carbocycles. The molecule has 0 spiro atoms. The predicted molar refractivity (Wildman–Crippen MR) is 77.4 cm³/mol. The molecule has 1 N–H and O–H groups in total. The minimum Gasteiger partial charge on any atom is -0.368 e. The van der Waals surface area contributed by atoms with Gasteiger partial charge in [0.15, 0.2) is 0 Å². The van der Waals surface area contributed by atoms with E-state index in [2.05, 4.69) is 11.4 Å². The largest absolute Gasteiger partial charge is 0.368 e. The lowest BCUT2D eigenvalue weighted by Crippen LogP contribution is -2.27. The quantitative estimate of drug-likeness (QED) is 0.929. The van der Waals surface area contributed by atoms with E-state index in [9.17, 15) is 4.79 Å². The maximum atomic E-state index is 12.1. The fourth-order valence-corrected chi connectivity index (χ4v) is 3.00. The third-order valence-corrected chi connectivity index (χ3v) is 4.10. The summed E-state index contributed by atoms with van der Waals surface area (Å²) < 4.78 is 5.41. The van der Waals surface area contributed by atoms with Crippen molar-refractivity contribution in [1.29, 1.82) is 0 Å². The van der Waals surface area contributed by atoms with Gasteiger partial charge in [-0.3, -0.25) is 4.79 Å². The van der Waals surface area contributed by atoms with Gasteiger partial charge in [-0.05, 0) is 30.4 Å². The van der Waals surface area contributed by atoms with Crippen molar-refractivity contribution in [2.24, 2.45) is 0 Å². The van der Waals surface area contributed by atoms with Crippen LogP contribution in [0, 0.1) is 0 Å². The van der Waals surface area contributed by atoms with Crippen LogP contribution in [0.15, 0.2) is 41.8 Å². The number of hydrogen-bond donors (Lipinski definition) is 1. The molecular weight excluding hydrogens is 258 g/mol. The number of thiophene rings is 1. The van der Waals surface area contributed by atoms with Crippen molar-refractivity contribution >= 4 is 22.9 Å². The molecule has 1 amide bonds. The standard InChI is InChI=1S/C15H15NO2S/c17-15(13-7-3-9-18-13)16-12-6-2-1-5-11(12)14-8-4-10-19-14/h1-2,4-6,8,10,13H,3,7,9H2,(H,16,17)/t13-/m0/s1. The Labute approximate surface area is 116 Å². The summed E-state index contributed by atoms with van der Waals surface area (Å²) in [6, 6.07) is 11.9. The number of amides is 1. The molecule has 0 unspecified atom stereocenters. The Morgan fingerprint density at radius 1 is 1.26 bits per heavy atom. The molecule has 4 heteroatoms. The molecule has 3 rings (SSSR count). The Hall–Kier alpha value is -1.65. The van der Waals surface area contributed by atoms with Gasteiger partial charge in [0, 0.05) is 22.7 Å². The first-order valence-electron chi connectivity index (χ1n) is 6.40. The molecule has 1 aliphatic heterocycles. The lowest BCUT2D eigenvalue weighted by molar-refractivity contribution is -0.124. The van der Waals surface area contributed by atoms with Gasteiger partial charge in [-0.1, -0.05) is 24.3 Å². The fourth-order valence-electron chi connectivity index (χ4n) is 2.24. The van der Waals surface area contributed by atoms with Gasteiger partial charge in [-0.15, -0.1) is 11.3 Å². The Balaban J connectivity index is 1.83. The first kappa shape index (κ1) is 12.4. The second-order valence-electron chi connectivity index (χ2n) is 4.51. The molecule has 3 nitrogen and oxygen atoms in total. The minimum atomic E-state index is -0.295. The summed E-state index contributed by atoms with van der Waals surface area (Å²) in [7, 11) is 0. The van der Waals surface area contributed by atoms with Gasteiger partial charge in [-0.2, -0.15) is 0 Å². The average molecular weight is 273 g/mol. The summed E-state index contributed by atoms with van der Waals surface area (Å²) in [5.74, 6) is -0.0403. The molecule has 1 aliphatic rings. The van der Waals surface area contributed by atoms with Crippen LogP contribution in [0.3, 0.4) is 0 Å². The molecule has 2 aromatic rings. The zero-order valence-corrected chi connectivity index (χ0v) is 11.3. The predicted octanol–water partition coefficient (Wildman–Crippen LogP) is 3.53. The highest BCUT2D eigenvalue weighted by Crippen LogP contribution is 2.31. The van der Waals surface area contributed by atoms with Crippen LogP contribution in [0.1, 0.15) is 12.8 Å². The highest BCUT2D eigenvalue weighted by molar-refractivity contribution is 7.13. The molecule has 0 radical (unpaired) electrons. The molecule has 0 bridgehead atoms. The Kier molecular flexibility index (Phi) is 3.62. The van der Waals surface area contributed by atoms with Crippen molar-refractivity contribution in [3.63, 3.8) is 0 Å². The Morgan fingerprint density at radius 3 is 2.89 bits per heavy atom. The second-order valence-corrected chi connectivity index (χ2v) is 5.46. The number of anilines is 1. The number of para-hydroxylation sites is 1. The number of rotatable bonds is 3. The van der Waals surface area contributed by atoms with Crippen LogP contribution >= 0.6 is 11.3 Å². The summed E-state index contributed by atoms with van der Waals surface area (Å²) in [6.07, 6.45) is 1.48. The van der Waals surface area contributed by atoms with Crippen LogP contribution < -0.4 is 5.32 Å². The van der Waals surface area contributed by atoms with E-state index in [1.807, 2.05) is 35.7 Å². The monoisotopic (exact) mass is 273 g/mol. The third kappa shape index (κ3) is 2.69. The Morgan fingerprint density at radius 2 is 2.16 bits per heavy atom. The first-order valence-corrected chi connectivity index (χ1v) is 7.28. The molecule has 1 aromatic carbocycles. The van der Waals surface area contributed by atoms with Crippen molar-refractivity contribution in [3.05, 3.63) is 41.8 Å². The van der Waals surface area contributed by atoms with Crippen molar-refractivity contribution in [3.8, 4) is 10.4 Å².